The van der Waals surface area contributed by atoms with Crippen LogP contribution in [-0.4, -0.2) is 32.8 Å². The number of para-hydroxylation sites is 1. The summed E-state index contributed by atoms with van der Waals surface area (Å²) in [7, 11) is 0. The summed E-state index contributed by atoms with van der Waals surface area (Å²) in [5.74, 6) is -2.04. The highest BCUT2D eigenvalue weighted by atomic mass is 19.1. The van der Waals surface area contributed by atoms with E-state index in [9.17, 15) is 19.1 Å². The fraction of sp³-hybridized carbons (Fsp3) is 0.211. The van der Waals surface area contributed by atoms with E-state index in [0.717, 1.165) is 5.01 Å². The zero-order valence-corrected chi connectivity index (χ0v) is 13.8. The zero-order valence-electron chi connectivity index (χ0n) is 13.8. The molecule has 2 N–H and O–H groups in total. The van der Waals surface area contributed by atoms with Crippen molar-refractivity contribution in [2.45, 2.75) is 25.3 Å². The number of hydrogen-bond donors (Lipinski definition) is 2. The molecule has 0 saturated heterocycles. The Hall–Kier alpha value is -3.22. The molecule has 6 nitrogen and oxygen atoms in total. The van der Waals surface area contributed by atoms with Gasteiger partial charge in [-0.15, -0.1) is 0 Å². The molecule has 2 aromatic carbocycles. The molecule has 3 rings (SSSR count). The number of halogens is 1. The molecule has 0 saturated carbocycles. The lowest BCUT2D eigenvalue weighted by atomic mass is 9.97. The van der Waals surface area contributed by atoms with Crippen LogP contribution in [0.15, 0.2) is 53.6 Å². The summed E-state index contributed by atoms with van der Waals surface area (Å²) in [6, 6.07) is 12.0. The van der Waals surface area contributed by atoms with Crippen LogP contribution in [0, 0.1) is 5.82 Å². The number of phenols is 1. The van der Waals surface area contributed by atoms with Crippen LogP contribution < -0.4 is 0 Å². The number of aliphatic carboxylic acids is 1. The number of carbonyl (C=O) groups excluding carboxylic acids is 1. The molecule has 2 aromatic rings. The summed E-state index contributed by atoms with van der Waals surface area (Å²) in [6.07, 6.45) is -0.335. The second-order valence-corrected chi connectivity index (χ2v) is 5.94. The van der Waals surface area contributed by atoms with Crippen molar-refractivity contribution >= 4 is 17.6 Å². The SMILES string of the molecule is O=C(O)CCC(=O)N1N=C(c2ccccc2F)C[C@H]1c1ccccc1O. The van der Waals surface area contributed by atoms with Crippen molar-refractivity contribution in [2.24, 2.45) is 5.10 Å². The first-order chi connectivity index (χ1) is 12.5. The largest absolute Gasteiger partial charge is 0.508 e. The summed E-state index contributed by atoms with van der Waals surface area (Å²) in [5, 5.41) is 24.4. The maximum absolute atomic E-state index is 14.1. The Balaban J connectivity index is 1.96. The van der Waals surface area contributed by atoms with E-state index in [1.54, 1.807) is 36.4 Å². The smallest absolute Gasteiger partial charge is 0.303 e. The summed E-state index contributed by atoms with van der Waals surface area (Å²) >= 11 is 0. The molecule has 134 valence electrons. The zero-order chi connectivity index (χ0) is 18.7. The Labute approximate surface area is 149 Å². The predicted octanol–water partition coefficient (Wildman–Crippen LogP) is 3.07. The molecule has 1 atom stereocenters. The van der Waals surface area contributed by atoms with Gasteiger partial charge in [0, 0.05) is 24.0 Å². The van der Waals surface area contributed by atoms with E-state index in [-0.39, 0.29) is 30.6 Å². The molecule has 7 heteroatoms. The number of amides is 1. The number of phenolic OH excluding ortho intramolecular Hbond substituents is 1. The number of carbonyl (C=O) groups is 2. The van der Waals surface area contributed by atoms with Gasteiger partial charge in [-0.2, -0.15) is 5.10 Å². The number of benzene rings is 2. The van der Waals surface area contributed by atoms with Crippen LogP contribution in [0.1, 0.15) is 36.4 Å². The van der Waals surface area contributed by atoms with Gasteiger partial charge in [0.05, 0.1) is 18.2 Å². The van der Waals surface area contributed by atoms with Crippen molar-refractivity contribution in [3.05, 3.63) is 65.5 Å². The van der Waals surface area contributed by atoms with E-state index in [0.29, 0.717) is 11.3 Å². The summed E-state index contributed by atoms with van der Waals surface area (Å²) in [6.45, 7) is 0. The first-order valence-corrected chi connectivity index (χ1v) is 8.11. The number of hydrogen-bond acceptors (Lipinski definition) is 4. The van der Waals surface area contributed by atoms with Crippen LogP contribution in [0.5, 0.6) is 5.75 Å². The van der Waals surface area contributed by atoms with Crippen LogP contribution in [-0.2, 0) is 9.59 Å². The van der Waals surface area contributed by atoms with Gasteiger partial charge in [-0.25, -0.2) is 9.40 Å². The second-order valence-electron chi connectivity index (χ2n) is 5.94. The third-order valence-corrected chi connectivity index (χ3v) is 4.20. The summed E-state index contributed by atoms with van der Waals surface area (Å²) in [4.78, 5) is 23.2. The maximum atomic E-state index is 14.1. The minimum atomic E-state index is -1.09. The Morgan fingerprint density at radius 2 is 1.81 bits per heavy atom. The van der Waals surface area contributed by atoms with Gasteiger partial charge in [-0.05, 0) is 12.1 Å². The monoisotopic (exact) mass is 356 g/mol. The standard InChI is InChI=1S/C19H17FN2O4/c20-14-7-3-1-5-12(14)15-11-16(13-6-2-4-8-17(13)23)22(21-15)18(24)9-10-19(25)26/h1-8,16,23H,9-11H2,(H,25,26)/t16-/m0/s1. The van der Waals surface area contributed by atoms with Gasteiger partial charge in [0.25, 0.3) is 0 Å². The number of aromatic hydroxyl groups is 1. The lowest BCUT2D eigenvalue weighted by Crippen LogP contribution is -2.27. The maximum Gasteiger partial charge on any atom is 0.303 e. The molecule has 1 heterocycles. The number of rotatable bonds is 5. The Morgan fingerprint density at radius 1 is 1.12 bits per heavy atom. The molecule has 0 fully saturated rings. The molecule has 1 amide bonds. The van der Waals surface area contributed by atoms with Gasteiger partial charge in [0.15, 0.2) is 0 Å². The molecular weight excluding hydrogens is 339 g/mol. The third-order valence-electron chi connectivity index (χ3n) is 4.20. The van der Waals surface area contributed by atoms with Crippen LogP contribution in [0.2, 0.25) is 0 Å². The van der Waals surface area contributed by atoms with Crippen LogP contribution in [0.3, 0.4) is 0 Å². The number of hydrazone groups is 1. The molecule has 0 radical (unpaired) electrons. The average molecular weight is 356 g/mol. The molecule has 0 bridgehead atoms. The van der Waals surface area contributed by atoms with E-state index in [2.05, 4.69) is 5.10 Å². The molecule has 0 aromatic heterocycles. The van der Waals surface area contributed by atoms with Gasteiger partial charge in [0.2, 0.25) is 5.91 Å². The Morgan fingerprint density at radius 3 is 2.50 bits per heavy atom. The number of nitrogens with zero attached hydrogens (tertiary/aromatic N) is 2. The lowest BCUT2D eigenvalue weighted by Gasteiger charge is -2.22. The first kappa shape index (κ1) is 17.6. The van der Waals surface area contributed by atoms with E-state index < -0.39 is 23.7 Å². The summed E-state index contributed by atoms with van der Waals surface area (Å²) in [5.41, 5.74) is 1.13. The van der Waals surface area contributed by atoms with E-state index in [4.69, 9.17) is 5.11 Å². The molecule has 1 aliphatic rings. The summed E-state index contributed by atoms with van der Waals surface area (Å²) < 4.78 is 14.1. The highest BCUT2D eigenvalue weighted by molar-refractivity contribution is 6.03. The minimum Gasteiger partial charge on any atom is -0.508 e. The van der Waals surface area contributed by atoms with Gasteiger partial charge in [-0.1, -0.05) is 36.4 Å². The normalized spacial score (nSPS) is 16.4. The van der Waals surface area contributed by atoms with Crippen molar-refractivity contribution in [2.75, 3.05) is 0 Å². The average Bonchev–Trinajstić information content (AvgIpc) is 3.05. The van der Waals surface area contributed by atoms with Crippen molar-refractivity contribution < 1.29 is 24.2 Å². The van der Waals surface area contributed by atoms with Crippen molar-refractivity contribution in [3.63, 3.8) is 0 Å². The first-order valence-electron chi connectivity index (χ1n) is 8.11. The van der Waals surface area contributed by atoms with Crippen LogP contribution >= 0.6 is 0 Å². The molecule has 0 spiro atoms. The Bertz CT molecular complexity index is 881. The van der Waals surface area contributed by atoms with Crippen LogP contribution in [0.4, 0.5) is 4.39 Å². The van der Waals surface area contributed by atoms with E-state index in [1.165, 1.54) is 12.1 Å². The second kappa shape index (κ2) is 7.35. The molecule has 0 unspecified atom stereocenters. The highest BCUT2D eigenvalue weighted by Gasteiger charge is 2.35. The molecule has 26 heavy (non-hydrogen) atoms. The minimum absolute atomic E-state index is 0.00137. The highest BCUT2D eigenvalue weighted by Crippen LogP contribution is 2.37. The topological polar surface area (TPSA) is 90.2 Å². The predicted molar refractivity (Wildman–Crippen MR) is 92.1 cm³/mol. The quantitative estimate of drug-likeness (QED) is 0.861. The van der Waals surface area contributed by atoms with Crippen molar-refractivity contribution in [3.8, 4) is 5.75 Å². The van der Waals surface area contributed by atoms with Gasteiger partial charge >= 0.3 is 5.97 Å². The molecular formula is C19H17FN2O4. The fourth-order valence-corrected chi connectivity index (χ4v) is 2.94. The van der Waals surface area contributed by atoms with Crippen molar-refractivity contribution in [1.29, 1.82) is 0 Å². The molecule has 0 aliphatic carbocycles. The number of carboxylic acid groups (broad SMARTS) is 1. The van der Waals surface area contributed by atoms with Crippen LogP contribution in [0.25, 0.3) is 0 Å². The van der Waals surface area contributed by atoms with E-state index >= 15 is 0 Å². The lowest BCUT2D eigenvalue weighted by molar-refractivity contribution is -0.141. The molecule has 1 aliphatic heterocycles. The van der Waals surface area contributed by atoms with Gasteiger partial charge in [0.1, 0.15) is 11.6 Å². The van der Waals surface area contributed by atoms with Gasteiger partial charge in [-0.3, -0.25) is 9.59 Å². The van der Waals surface area contributed by atoms with E-state index in [1.807, 2.05) is 0 Å². The Kier molecular flexibility index (Phi) is 4.97. The van der Waals surface area contributed by atoms with Crippen molar-refractivity contribution in [1.82, 2.24) is 5.01 Å². The van der Waals surface area contributed by atoms with Gasteiger partial charge < -0.3 is 10.2 Å². The fourth-order valence-electron chi connectivity index (χ4n) is 2.94. The number of carboxylic acids is 1. The third kappa shape index (κ3) is 3.56.